The van der Waals surface area contributed by atoms with Gasteiger partial charge in [0.1, 0.15) is 18.5 Å². The number of carbonyl (C=O) groups is 1. The van der Waals surface area contributed by atoms with Crippen molar-refractivity contribution in [2.24, 2.45) is 0 Å². The van der Waals surface area contributed by atoms with Gasteiger partial charge >= 0.3 is 0 Å². The van der Waals surface area contributed by atoms with Crippen molar-refractivity contribution >= 4 is 5.78 Å². The molecule has 0 amide bonds. The molecule has 0 heterocycles. The van der Waals surface area contributed by atoms with Crippen LogP contribution in [0.15, 0.2) is 24.3 Å². The number of likely N-dealkylation sites (N-methyl/N-ethyl adjacent to an activating group) is 1. The fourth-order valence-corrected chi connectivity index (χ4v) is 1.72. The lowest BCUT2D eigenvalue weighted by atomic mass is 10.1. The molecule has 20 heavy (non-hydrogen) atoms. The Hall–Kier alpha value is -1.90. The molecule has 0 fully saturated rings. The zero-order chi connectivity index (χ0) is 15.0. The Morgan fingerprint density at radius 1 is 1.45 bits per heavy atom. The van der Waals surface area contributed by atoms with Crippen LogP contribution in [0, 0.1) is 11.3 Å². The monoisotopic (exact) mass is 276 g/mol. The molecule has 0 bridgehead atoms. The number of nitriles is 1. The number of ether oxygens (including phenoxy) is 1. The summed E-state index contributed by atoms with van der Waals surface area (Å²) in [4.78, 5) is 13.0. The van der Waals surface area contributed by atoms with E-state index in [1.807, 2.05) is 11.9 Å². The van der Waals surface area contributed by atoms with E-state index in [2.05, 4.69) is 6.07 Å². The van der Waals surface area contributed by atoms with Crippen LogP contribution >= 0.6 is 0 Å². The van der Waals surface area contributed by atoms with Gasteiger partial charge in [0.05, 0.1) is 6.07 Å². The van der Waals surface area contributed by atoms with Gasteiger partial charge in [0.2, 0.25) is 0 Å². The predicted octanol–water partition coefficient (Wildman–Crippen LogP) is 1.47. The highest BCUT2D eigenvalue weighted by Gasteiger charge is 2.09. The van der Waals surface area contributed by atoms with E-state index in [-0.39, 0.29) is 12.4 Å². The van der Waals surface area contributed by atoms with E-state index < -0.39 is 6.10 Å². The van der Waals surface area contributed by atoms with Crippen molar-refractivity contribution in [1.29, 1.82) is 5.26 Å². The Labute approximate surface area is 119 Å². The molecule has 0 aliphatic rings. The maximum Gasteiger partial charge on any atom is 0.159 e. The van der Waals surface area contributed by atoms with Crippen LogP contribution in [-0.4, -0.2) is 48.6 Å². The minimum Gasteiger partial charge on any atom is -0.491 e. The van der Waals surface area contributed by atoms with E-state index >= 15 is 0 Å². The molecule has 5 heteroatoms. The molecule has 108 valence electrons. The molecule has 1 aromatic rings. The number of hydrogen-bond donors (Lipinski definition) is 1. The van der Waals surface area contributed by atoms with Crippen LogP contribution in [0.2, 0.25) is 0 Å². The van der Waals surface area contributed by atoms with Crippen molar-refractivity contribution < 1.29 is 14.6 Å². The largest absolute Gasteiger partial charge is 0.491 e. The number of benzene rings is 1. The summed E-state index contributed by atoms with van der Waals surface area (Å²) < 4.78 is 5.45. The van der Waals surface area contributed by atoms with Crippen molar-refractivity contribution in [3.05, 3.63) is 29.8 Å². The quantitative estimate of drug-likeness (QED) is 0.728. The van der Waals surface area contributed by atoms with Gasteiger partial charge < -0.3 is 14.7 Å². The number of carbonyl (C=O) groups excluding carboxylic acids is 1. The van der Waals surface area contributed by atoms with E-state index in [1.165, 1.54) is 6.92 Å². The SMILES string of the molecule is CC(=O)c1ccc(OC[C@@H](O)CN(C)CCC#N)cc1. The molecular formula is C15H20N2O3. The van der Waals surface area contributed by atoms with E-state index in [1.54, 1.807) is 24.3 Å². The summed E-state index contributed by atoms with van der Waals surface area (Å²) in [5.74, 6) is 0.629. The first-order chi connectivity index (χ1) is 9.52. The molecule has 0 aliphatic carbocycles. The lowest BCUT2D eigenvalue weighted by molar-refractivity contribution is 0.0769. The highest BCUT2D eigenvalue weighted by Crippen LogP contribution is 2.12. The molecule has 0 aromatic heterocycles. The van der Waals surface area contributed by atoms with E-state index in [0.29, 0.717) is 30.8 Å². The summed E-state index contributed by atoms with van der Waals surface area (Å²) in [6.07, 6.45) is -0.178. The first-order valence-corrected chi connectivity index (χ1v) is 6.50. The molecule has 0 saturated carbocycles. The maximum atomic E-state index is 11.1. The highest BCUT2D eigenvalue weighted by atomic mass is 16.5. The summed E-state index contributed by atoms with van der Waals surface area (Å²) in [5.41, 5.74) is 0.633. The standard InChI is InChI=1S/C15H20N2O3/c1-12(18)13-4-6-15(7-5-13)20-11-14(19)10-17(2)9-3-8-16/h4-7,14,19H,3,9-11H2,1-2H3/t14-/m0/s1. The number of aliphatic hydroxyl groups is 1. The fourth-order valence-electron chi connectivity index (χ4n) is 1.72. The second-order valence-corrected chi connectivity index (χ2v) is 4.72. The van der Waals surface area contributed by atoms with Crippen molar-refractivity contribution in [1.82, 2.24) is 4.90 Å². The molecule has 0 radical (unpaired) electrons. The molecule has 1 aromatic carbocycles. The van der Waals surface area contributed by atoms with Gasteiger partial charge in [0.25, 0.3) is 0 Å². The lowest BCUT2D eigenvalue weighted by Gasteiger charge is -2.19. The van der Waals surface area contributed by atoms with Crippen LogP contribution in [0.4, 0.5) is 0 Å². The van der Waals surface area contributed by atoms with Gasteiger partial charge in [-0.05, 0) is 38.2 Å². The van der Waals surface area contributed by atoms with Crippen LogP contribution in [0.3, 0.4) is 0 Å². The van der Waals surface area contributed by atoms with Crippen molar-refractivity contribution in [3.8, 4) is 11.8 Å². The second kappa shape index (κ2) is 8.31. The lowest BCUT2D eigenvalue weighted by Crippen LogP contribution is -2.33. The molecule has 0 aliphatic heterocycles. The van der Waals surface area contributed by atoms with Crippen LogP contribution in [0.25, 0.3) is 0 Å². The minimum atomic E-state index is -0.619. The number of ketones is 1. The molecule has 0 unspecified atom stereocenters. The van der Waals surface area contributed by atoms with Crippen LogP contribution in [0.1, 0.15) is 23.7 Å². The molecule has 0 spiro atoms. The van der Waals surface area contributed by atoms with Gasteiger partial charge in [-0.3, -0.25) is 4.79 Å². The van der Waals surface area contributed by atoms with Gasteiger partial charge in [0.15, 0.2) is 5.78 Å². The summed E-state index contributed by atoms with van der Waals surface area (Å²) >= 11 is 0. The first kappa shape index (κ1) is 16.2. The van der Waals surface area contributed by atoms with Crippen molar-refractivity contribution in [3.63, 3.8) is 0 Å². The number of nitrogens with zero attached hydrogens (tertiary/aromatic N) is 2. The van der Waals surface area contributed by atoms with Crippen LogP contribution in [0.5, 0.6) is 5.75 Å². The Kier molecular flexibility index (Phi) is 6.71. The summed E-state index contributed by atoms with van der Waals surface area (Å²) in [6.45, 7) is 2.76. The summed E-state index contributed by atoms with van der Waals surface area (Å²) in [6, 6.07) is 8.88. The molecule has 0 saturated heterocycles. The number of hydrogen-bond acceptors (Lipinski definition) is 5. The normalized spacial score (nSPS) is 11.9. The van der Waals surface area contributed by atoms with Crippen molar-refractivity contribution in [2.75, 3.05) is 26.7 Å². The molecule has 1 N–H and O–H groups in total. The van der Waals surface area contributed by atoms with Gasteiger partial charge in [-0.1, -0.05) is 0 Å². The van der Waals surface area contributed by atoms with E-state index in [9.17, 15) is 9.90 Å². The molecular weight excluding hydrogens is 256 g/mol. The Morgan fingerprint density at radius 2 is 2.10 bits per heavy atom. The zero-order valence-corrected chi connectivity index (χ0v) is 11.9. The summed E-state index contributed by atoms with van der Waals surface area (Å²) in [5, 5.41) is 18.3. The third-order valence-electron chi connectivity index (χ3n) is 2.83. The third-order valence-corrected chi connectivity index (χ3v) is 2.83. The second-order valence-electron chi connectivity index (χ2n) is 4.72. The molecule has 1 atom stereocenters. The van der Waals surface area contributed by atoms with E-state index in [0.717, 1.165) is 0 Å². The van der Waals surface area contributed by atoms with E-state index in [4.69, 9.17) is 10.00 Å². The van der Waals surface area contributed by atoms with Crippen LogP contribution < -0.4 is 4.74 Å². The topological polar surface area (TPSA) is 73.6 Å². The van der Waals surface area contributed by atoms with Gasteiger partial charge in [-0.25, -0.2) is 0 Å². The minimum absolute atomic E-state index is 0.00991. The first-order valence-electron chi connectivity index (χ1n) is 6.50. The maximum absolute atomic E-state index is 11.1. The number of aliphatic hydroxyl groups excluding tert-OH is 1. The zero-order valence-electron chi connectivity index (χ0n) is 11.9. The van der Waals surface area contributed by atoms with Gasteiger partial charge in [-0.15, -0.1) is 0 Å². The predicted molar refractivity (Wildman–Crippen MR) is 75.7 cm³/mol. The fraction of sp³-hybridized carbons (Fsp3) is 0.467. The average Bonchev–Trinajstić information content (AvgIpc) is 2.43. The van der Waals surface area contributed by atoms with Gasteiger partial charge in [-0.2, -0.15) is 5.26 Å². The Bertz CT molecular complexity index is 465. The molecule has 1 rings (SSSR count). The summed E-state index contributed by atoms with van der Waals surface area (Å²) in [7, 11) is 1.85. The van der Waals surface area contributed by atoms with Crippen LogP contribution in [-0.2, 0) is 0 Å². The van der Waals surface area contributed by atoms with Gasteiger partial charge in [0, 0.05) is 25.1 Å². The number of Topliss-reactive ketones (excluding diaryl/α,β-unsaturated/α-hetero) is 1. The average molecular weight is 276 g/mol. The Morgan fingerprint density at radius 3 is 2.65 bits per heavy atom. The van der Waals surface area contributed by atoms with Crippen molar-refractivity contribution in [2.45, 2.75) is 19.4 Å². The number of rotatable bonds is 8. The molecule has 5 nitrogen and oxygen atoms in total. The highest BCUT2D eigenvalue weighted by molar-refractivity contribution is 5.94. The third kappa shape index (κ3) is 5.83. The smallest absolute Gasteiger partial charge is 0.159 e. The Balaban J connectivity index is 2.35.